The Morgan fingerprint density at radius 2 is 1.95 bits per heavy atom. The maximum Gasteiger partial charge on any atom is 0.431 e. The molecule has 3 unspecified atom stereocenters. The molecule has 4 fully saturated rings. The molecule has 3 aliphatic heterocycles. The summed E-state index contributed by atoms with van der Waals surface area (Å²) >= 11 is 0. The number of nitrogens with one attached hydrogen (secondary N) is 1. The standard InChI is InChI=1S/C28H31N5O4/c1-15(2)18-9-8-16(3)10-23(18)37-28(36)31-14-17-11-24(31)33-25(17)26(34)32(27(33)35)22-13-30-21(12-29)19-6-4-5-7-20(19)22/h4-7,13,15-18,23-25H,8-11,14H2,1-3H3/p+1/t16-,17?,18+,23-,24?,25+/m1/s1. The van der Waals surface area contributed by atoms with Crippen LogP contribution in [0.4, 0.5) is 15.3 Å². The monoisotopic (exact) mass is 502 g/mol. The minimum absolute atomic E-state index is 0.0993. The zero-order valence-corrected chi connectivity index (χ0v) is 21.4. The van der Waals surface area contributed by atoms with E-state index in [0.29, 0.717) is 52.1 Å². The number of carbonyl (C=O) groups excluding carboxylic acids is 3. The first-order valence-corrected chi connectivity index (χ1v) is 13.3. The first-order chi connectivity index (χ1) is 17.8. The van der Waals surface area contributed by atoms with Crippen molar-refractivity contribution in [2.45, 2.75) is 64.8 Å². The lowest BCUT2D eigenvalue weighted by Crippen LogP contribution is -3.20. The lowest BCUT2D eigenvalue weighted by Gasteiger charge is -2.38. The normalized spacial score (nSPS) is 32.8. The number of quaternary nitrogens is 1. The highest BCUT2D eigenvalue weighted by Crippen LogP contribution is 2.38. The number of likely N-dealkylation sites (tertiary alicyclic amines) is 1. The van der Waals surface area contributed by atoms with E-state index in [2.05, 4.69) is 31.8 Å². The molecule has 1 N–H and O–H groups in total. The molecule has 0 radical (unpaired) electrons. The van der Waals surface area contributed by atoms with E-state index in [9.17, 15) is 19.6 Å². The Labute approximate surface area is 216 Å². The number of nitriles is 1. The van der Waals surface area contributed by atoms with Gasteiger partial charge in [-0.2, -0.15) is 10.2 Å². The van der Waals surface area contributed by atoms with Crippen LogP contribution >= 0.6 is 0 Å². The van der Waals surface area contributed by atoms with Crippen LogP contribution in [0.5, 0.6) is 0 Å². The molecule has 4 aliphatic rings. The van der Waals surface area contributed by atoms with Crippen LogP contribution in [0.1, 0.15) is 52.1 Å². The topological polar surface area (TPSA) is 108 Å². The van der Waals surface area contributed by atoms with Crippen molar-refractivity contribution in [1.29, 1.82) is 5.26 Å². The second kappa shape index (κ2) is 8.80. The van der Waals surface area contributed by atoms with Crippen LogP contribution < -0.4 is 9.80 Å². The number of amides is 4. The van der Waals surface area contributed by atoms with Gasteiger partial charge in [0.15, 0.2) is 12.2 Å². The molecule has 37 heavy (non-hydrogen) atoms. The molecule has 7 atom stereocenters. The number of ether oxygens (including phenoxy) is 1. The molecule has 0 spiro atoms. The number of fused-ring (bicyclic) bond motifs is 6. The van der Waals surface area contributed by atoms with Crippen molar-refractivity contribution in [1.82, 2.24) is 9.88 Å². The summed E-state index contributed by atoms with van der Waals surface area (Å²) in [6.07, 6.45) is 4.20. The second-order valence-electron chi connectivity index (χ2n) is 11.5. The predicted molar refractivity (Wildman–Crippen MR) is 134 cm³/mol. The number of hydrogen-bond acceptors (Lipinski definition) is 6. The number of anilines is 1. The second-order valence-corrected chi connectivity index (χ2v) is 11.5. The van der Waals surface area contributed by atoms with Crippen LogP contribution in [0.3, 0.4) is 0 Å². The molecule has 4 heterocycles. The number of imide groups is 1. The zero-order valence-electron chi connectivity index (χ0n) is 21.4. The Morgan fingerprint density at radius 1 is 1.19 bits per heavy atom. The molecule has 3 saturated heterocycles. The van der Waals surface area contributed by atoms with Crippen molar-refractivity contribution in [3.05, 3.63) is 36.2 Å². The molecule has 1 aromatic heterocycles. The average Bonchev–Trinajstić information content (AvgIpc) is 3.55. The maximum atomic E-state index is 13.7. The third kappa shape index (κ3) is 3.61. The summed E-state index contributed by atoms with van der Waals surface area (Å²) in [6.45, 7) is 6.98. The van der Waals surface area contributed by atoms with E-state index in [0.717, 1.165) is 19.3 Å². The lowest BCUT2D eigenvalue weighted by molar-refractivity contribution is -0.856. The van der Waals surface area contributed by atoms with Crippen LogP contribution in [-0.4, -0.2) is 52.8 Å². The molecule has 9 heteroatoms. The first kappa shape index (κ1) is 23.9. The van der Waals surface area contributed by atoms with Crippen LogP contribution in [0.25, 0.3) is 10.8 Å². The van der Waals surface area contributed by atoms with Crippen molar-refractivity contribution in [3.63, 3.8) is 0 Å². The zero-order chi connectivity index (χ0) is 26.0. The highest BCUT2D eigenvalue weighted by Gasteiger charge is 2.68. The van der Waals surface area contributed by atoms with Gasteiger partial charge in [0, 0.05) is 29.7 Å². The Balaban J connectivity index is 1.26. The van der Waals surface area contributed by atoms with E-state index in [-0.39, 0.29) is 35.7 Å². The highest BCUT2D eigenvalue weighted by molar-refractivity contribution is 6.20. The molecular weight excluding hydrogens is 470 g/mol. The van der Waals surface area contributed by atoms with Crippen LogP contribution in [0.15, 0.2) is 30.5 Å². The van der Waals surface area contributed by atoms with Gasteiger partial charge in [0.1, 0.15) is 17.9 Å². The van der Waals surface area contributed by atoms with E-state index in [1.165, 1.54) is 11.1 Å². The summed E-state index contributed by atoms with van der Waals surface area (Å²) in [7, 11) is 0. The van der Waals surface area contributed by atoms with Crippen molar-refractivity contribution in [3.8, 4) is 6.07 Å². The molecule has 1 aliphatic carbocycles. The molecule has 1 aromatic carbocycles. The van der Waals surface area contributed by atoms with Gasteiger partial charge in [0.25, 0.3) is 5.91 Å². The highest BCUT2D eigenvalue weighted by atomic mass is 16.6. The van der Waals surface area contributed by atoms with Gasteiger partial charge in [-0.05, 0) is 30.6 Å². The molecule has 4 amide bonds. The number of urea groups is 1. The number of carbonyl (C=O) groups is 3. The van der Waals surface area contributed by atoms with Gasteiger partial charge in [-0.1, -0.05) is 51.5 Å². The van der Waals surface area contributed by atoms with E-state index in [4.69, 9.17) is 4.74 Å². The molecule has 2 bridgehead atoms. The third-order valence-electron chi connectivity index (χ3n) is 9.00. The fourth-order valence-corrected chi connectivity index (χ4v) is 7.17. The molecule has 9 nitrogen and oxygen atoms in total. The van der Waals surface area contributed by atoms with Gasteiger partial charge in [-0.25, -0.2) is 19.5 Å². The predicted octanol–water partition coefficient (Wildman–Crippen LogP) is 3.09. The quantitative estimate of drug-likeness (QED) is 0.647. The smallest absolute Gasteiger partial charge is 0.431 e. The van der Waals surface area contributed by atoms with Gasteiger partial charge in [0.2, 0.25) is 0 Å². The summed E-state index contributed by atoms with van der Waals surface area (Å²) in [5.41, 5.74) is 0.632. The largest absolute Gasteiger partial charge is 0.446 e. The fourth-order valence-electron chi connectivity index (χ4n) is 7.17. The molecule has 6 rings (SSSR count). The Kier molecular flexibility index (Phi) is 5.68. The van der Waals surface area contributed by atoms with Crippen LogP contribution in [-0.2, 0) is 9.53 Å². The van der Waals surface area contributed by atoms with Crippen LogP contribution in [0.2, 0.25) is 0 Å². The van der Waals surface area contributed by atoms with Gasteiger partial charge in [-0.3, -0.25) is 9.69 Å². The van der Waals surface area contributed by atoms with E-state index in [1.807, 2.05) is 6.07 Å². The number of nitrogens with zero attached hydrogens (tertiary/aromatic N) is 4. The Bertz CT molecular complexity index is 1340. The molecule has 1 saturated carbocycles. The third-order valence-corrected chi connectivity index (χ3v) is 9.00. The minimum Gasteiger partial charge on any atom is -0.446 e. The number of hydrogen-bond donors (Lipinski definition) is 1. The number of pyridine rings is 1. The summed E-state index contributed by atoms with van der Waals surface area (Å²) < 4.78 is 6.10. The van der Waals surface area contributed by atoms with Crippen molar-refractivity contribution in [2.75, 3.05) is 11.4 Å². The minimum atomic E-state index is -0.519. The molecule has 192 valence electrons. The van der Waals surface area contributed by atoms with Gasteiger partial charge < -0.3 is 4.74 Å². The van der Waals surface area contributed by atoms with E-state index >= 15 is 0 Å². The number of rotatable bonds is 3. The summed E-state index contributed by atoms with van der Waals surface area (Å²) in [5, 5.41) is 10.7. The average molecular weight is 503 g/mol. The van der Waals surface area contributed by atoms with Gasteiger partial charge in [0.05, 0.1) is 11.9 Å². The Morgan fingerprint density at radius 3 is 2.68 bits per heavy atom. The molecular formula is C28H32N5O4+. The van der Waals surface area contributed by atoms with Gasteiger partial charge in [-0.15, -0.1) is 0 Å². The van der Waals surface area contributed by atoms with Crippen molar-refractivity contribution < 1.29 is 24.0 Å². The van der Waals surface area contributed by atoms with Gasteiger partial charge >= 0.3 is 12.1 Å². The van der Waals surface area contributed by atoms with E-state index < -0.39 is 12.2 Å². The fraction of sp³-hybridized carbons (Fsp3) is 0.536. The SMILES string of the molecule is CC(C)[C@@H]1CC[C@@H](C)C[C@H]1OC(=O)N1CC2CC1[NH+]1C(=O)N(c3cnc(C#N)c4ccccc34)C(=O)[C@H]21. The summed E-state index contributed by atoms with van der Waals surface area (Å²) in [4.78, 5) is 48.3. The van der Waals surface area contributed by atoms with Crippen LogP contribution in [0, 0.1) is 35.0 Å². The van der Waals surface area contributed by atoms with Crippen molar-refractivity contribution >= 4 is 34.5 Å². The first-order valence-electron chi connectivity index (χ1n) is 13.3. The summed E-state index contributed by atoms with van der Waals surface area (Å²) in [5.74, 6) is 0.913. The number of benzene rings is 1. The Hall–Kier alpha value is -3.51. The maximum absolute atomic E-state index is 13.7. The van der Waals surface area contributed by atoms with E-state index in [1.54, 1.807) is 23.1 Å². The summed E-state index contributed by atoms with van der Waals surface area (Å²) in [6, 6.07) is 8.35. The lowest BCUT2D eigenvalue weighted by atomic mass is 9.75. The number of aromatic nitrogens is 1. The molecule has 2 aromatic rings. The van der Waals surface area contributed by atoms with Crippen molar-refractivity contribution in [2.24, 2.45) is 23.7 Å².